The molecule has 0 aliphatic rings. The Bertz CT molecular complexity index is 478. The summed E-state index contributed by atoms with van der Waals surface area (Å²) in [6.07, 6.45) is 3.26. The summed E-state index contributed by atoms with van der Waals surface area (Å²) in [6, 6.07) is 3.76. The van der Waals surface area contributed by atoms with Crippen molar-refractivity contribution in [2.45, 2.75) is 6.92 Å². The van der Waals surface area contributed by atoms with Gasteiger partial charge >= 0.3 is 0 Å². The van der Waals surface area contributed by atoms with Gasteiger partial charge in [0.25, 0.3) is 5.56 Å². The van der Waals surface area contributed by atoms with E-state index in [-0.39, 0.29) is 18.0 Å². The van der Waals surface area contributed by atoms with E-state index in [0.717, 1.165) is 11.1 Å². The van der Waals surface area contributed by atoms with Crippen LogP contribution in [0.3, 0.4) is 0 Å². The minimum Gasteiger partial charge on any atom is -0.326 e. The lowest BCUT2D eigenvalue weighted by Gasteiger charge is -1.96. The summed E-state index contributed by atoms with van der Waals surface area (Å²) in [6.45, 7) is 1.86. The Morgan fingerprint density at radius 1 is 1.46 bits per heavy atom. The van der Waals surface area contributed by atoms with Crippen LogP contribution in [0.1, 0.15) is 5.69 Å². The van der Waals surface area contributed by atoms with Crippen LogP contribution in [0, 0.1) is 6.92 Å². The molecule has 4 heteroatoms. The van der Waals surface area contributed by atoms with Gasteiger partial charge in [-0.2, -0.15) is 0 Å². The van der Waals surface area contributed by atoms with E-state index >= 15 is 0 Å². The van der Waals surface area contributed by atoms with Crippen LogP contribution >= 0.6 is 12.4 Å². The number of aromatic amines is 1. The summed E-state index contributed by atoms with van der Waals surface area (Å²) in [5, 5.41) is 1.58. The van der Waals surface area contributed by atoms with Crippen LogP contribution in [-0.4, -0.2) is 9.97 Å². The molecule has 0 aliphatic carbocycles. The summed E-state index contributed by atoms with van der Waals surface area (Å²) < 4.78 is 0. The second kappa shape index (κ2) is 3.58. The number of aryl methyl sites for hydroxylation is 1. The summed E-state index contributed by atoms with van der Waals surface area (Å²) in [7, 11) is 0. The quantitative estimate of drug-likeness (QED) is 0.697. The second-order valence-corrected chi connectivity index (χ2v) is 2.74. The van der Waals surface area contributed by atoms with Gasteiger partial charge in [0.05, 0.1) is 5.39 Å². The molecular weight excluding hydrogens is 188 g/mol. The molecule has 0 saturated heterocycles. The van der Waals surface area contributed by atoms with Gasteiger partial charge < -0.3 is 4.98 Å². The van der Waals surface area contributed by atoms with Gasteiger partial charge in [-0.15, -0.1) is 12.4 Å². The number of halogens is 1. The lowest BCUT2D eigenvalue weighted by Crippen LogP contribution is -2.07. The first-order chi connectivity index (χ1) is 5.77. The Morgan fingerprint density at radius 2 is 2.23 bits per heavy atom. The van der Waals surface area contributed by atoms with Crippen molar-refractivity contribution in [3.05, 3.63) is 40.6 Å². The molecule has 0 unspecified atom stereocenters. The zero-order chi connectivity index (χ0) is 8.55. The van der Waals surface area contributed by atoms with E-state index < -0.39 is 0 Å². The number of hydrogen-bond acceptors (Lipinski definition) is 2. The molecular formula is C9H9ClN2O. The van der Waals surface area contributed by atoms with Crippen molar-refractivity contribution in [3.63, 3.8) is 0 Å². The van der Waals surface area contributed by atoms with E-state index in [1.807, 2.05) is 19.1 Å². The highest BCUT2D eigenvalue weighted by molar-refractivity contribution is 5.85. The molecule has 2 heterocycles. The molecule has 1 N–H and O–H groups in total. The standard InChI is InChI=1S/C9H8N2O.ClH/c1-6-4-7-2-3-10-5-8(7)9(12)11-6;/h2-5H,1H3,(H,11,12);1H. The molecule has 2 aromatic heterocycles. The zero-order valence-corrected chi connectivity index (χ0v) is 7.89. The van der Waals surface area contributed by atoms with Crippen LogP contribution in [0.15, 0.2) is 29.3 Å². The molecule has 0 aromatic carbocycles. The maximum atomic E-state index is 11.3. The molecule has 0 saturated carbocycles. The molecule has 0 aliphatic heterocycles. The van der Waals surface area contributed by atoms with Crippen LogP contribution in [0.25, 0.3) is 10.8 Å². The Morgan fingerprint density at radius 3 is 3.00 bits per heavy atom. The highest BCUT2D eigenvalue weighted by Crippen LogP contribution is 2.06. The third kappa shape index (κ3) is 1.70. The molecule has 0 radical (unpaired) electrons. The van der Waals surface area contributed by atoms with Gasteiger partial charge in [0.1, 0.15) is 0 Å². The minimum absolute atomic E-state index is 0. The lowest BCUT2D eigenvalue weighted by atomic mass is 10.2. The smallest absolute Gasteiger partial charge is 0.257 e. The van der Waals surface area contributed by atoms with E-state index in [2.05, 4.69) is 9.97 Å². The first-order valence-electron chi connectivity index (χ1n) is 3.71. The molecule has 2 rings (SSSR count). The normalized spacial score (nSPS) is 9.62. The van der Waals surface area contributed by atoms with Crippen molar-refractivity contribution in [3.8, 4) is 0 Å². The van der Waals surface area contributed by atoms with Gasteiger partial charge in [-0.05, 0) is 24.4 Å². The highest BCUT2D eigenvalue weighted by atomic mass is 35.5. The van der Waals surface area contributed by atoms with Crippen LogP contribution in [0.4, 0.5) is 0 Å². The topological polar surface area (TPSA) is 45.8 Å². The van der Waals surface area contributed by atoms with Crippen molar-refractivity contribution >= 4 is 23.2 Å². The SMILES string of the molecule is Cc1cc2ccncc2c(=O)[nH]1.Cl. The largest absolute Gasteiger partial charge is 0.326 e. The first kappa shape index (κ1) is 9.74. The Labute approximate surface area is 81.2 Å². The predicted molar refractivity (Wildman–Crippen MR) is 54.3 cm³/mol. The number of hydrogen-bond donors (Lipinski definition) is 1. The number of nitrogens with one attached hydrogen (secondary N) is 1. The van der Waals surface area contributed by atoms with Crippen molar-refractivity contribution < 1.29 is 0 Å². The number of nitrogens with zero attached hydrogens (tertiary/aromatic N) is 1. The zero-order valence-electron chi connectivity index (χ0n) is 7.07. The third-order valence-corrected chi connectivity index (χ3v) is 1.78. The van der Waals surface area contributed by atoms with Gasteiger partial charge in [0.15, 0.2) is 0 Å². The van der Waals surface area contributed by atoms with Gasteiger partial charge in [0.2, 0.25) is 0 Å². The third-order valence-electron chi connectivity index (χ3n) is 1.78. The van der Waals surface area contributed by atoms with Crippen LogP contribution in [0.2, 0.25) is 0 Å². The number of fused-ring (bicyclic) bond motifs is 1. The molecule has 0 fully saturated rings. The van der Waals surface area contributed by atoms with Crippen LogP contribution in [-0.2, 0) is 0 Å². The fraction of sp³-hybridized carbons (Fsp3) is 0.111. The van der Waals surface area contributed by atoms with E-state index in [9.17, 15) is 4.79 Å². The maximum Gasteiger partial charge on any atom is 0.257 e. The minimum atomic E-state index is -0.0712. The fourth-order valence-electron chi connectivity index (χ4n) is 1.24. The highest BCUT2D eigenvalue weighted by Gasteiger charge is 1.97. The Balaban J connectivity index is 0.000000845. The number of aromatic nitrogens is 2. The molecule has 0 bridgehead atoms. The van der Waals surface area contributed by atoms with Crippen LogP contribution in [0.5, 0.6) is 0 Å². The Kier molecular flexibility index (Phi) is 2.68. The summed E-state index contributed by atoms with van der Waals surface area (Å²) in [5.74, 6) is 0. The van der Waals surface area contributed by atoms with Crippen LogP contribution < -0.4 is 5.56 Å². The molecule has 0 spiro atoms. The molecule has 3 nitrogen and oxygen atoms in total. The van der Waals surface area contributed by atoms with Crippen molar-refractivity contribution in [1.29, 1.82) is 0 Å². The van der Waals surface area contributed by atoms with Crippen molar-refractivity contribution in [2.75, 3.05) is 0 Å². The second-order valence-electron chi connectivity index (χ2n) is 2.74. The lowest BCUT2D eigenvalue weighted by molar-refractivity contribution is 1.16. The van der Waals surface area contributed by atoms with Crippen molar-refractivity contribution in [1.82, 2.24) is 9.97 Å². The molecule has 2 aromatic rings. The summed E-state index contributed by atoms with van der Waals surface area (Å²) >= 11 is 0. The molecule has 68 valence electrons. The first-order valence-corrected chi connectivity index (χ1v) is 3.71. The summed E-state index contributed by atoms with van der Waals surface area (Å²) in [4.78, 5) is 17.9. The van der Waals surface area contributed by atoms with Gasteiger partial charge in [-0.25, -0.2) is 0 Å². The molecule has 13 heavy (non-hydrogen) atoms. The maximum absolute atomic E-state index is 11.3. The number of rotatable bonds is 0. The molecule has 0 atom stereocenters. The van der Waals surface area contributed by atoms with E-state index in [1.54, 1.807) is 12.4 Å². The molecule has 0 amide bonds. The van der Waals surface area contributed by atoms with E-state index in [4.69, 9.17) is 0 Å². The Hall–Kier alpha value is -1.35. The van der Waals surface area contributed by atoms with Gasteiger partial charge in [0, 0.05) is 18.1 Å². The fourth-order valence-corrected chi connectivity index (χ4v) is 1.24. The van der Waals surface area contributed by atoms with Gasteiger partial charge in [-0.3, -0.25) is 9.78 Å². The number of pyridine rings is 2. The van der Waals surface area contributed by atoms with Gasteiger partial charge in [-0.1, -0.05) is 0 Å². The monoisotopic (exact) mass is 196 g/mol. The number of H-pyrrole nitrogens is 1. The summed E-state index contributed by atoms with van der Waals surface area (Å²) in [5.41, 5.74) is 0.803. The average molecular weight is 197 g/mol. The van der Waals surface area contributed by atoms with E-state index in [1.165, 1.54) is 0 Å². The van der Waals surface area contributed by atoms with Crippen molar-refractivity contribution in [2.24, 2.45) is 0 Å². The predicted octanol–water partition coefficient (Wildman–Crippen LogP) is 1.65. The average Bonchev–Trinajstić information content (AvgIpc) is 2.04. The van der Waals surface area contributed by atoms with E-state index in [0.29, 0.717) is 5.39 Å².